The Labute approximate surface area is 99.6 Å². The van der Waals surface area contributed by atoms with Crippen molar-refractivity contribution in [2.24, 2.45) is 0 Å². The van der Waals surface area contributed by atoms with E-state index in [0.717, 1.165) is 0 Å². The SMILES string of the molecule is O.O=C(O)c1ccccc1O.[LiH].[LiH]. The number of aromatic carboxylic acids is 1. The monoisotopic (exact) mass is 172 g/mol. The second-order valence-electron chi connectivity index (χ2n) is 1.82. The van der Waals surface area contributed by atoms with Gasteiger partial charge >= 0.3 is 43.7 Å². The van der Waals surface area contributed by atoms with Gasteiger partial charge in [-0.15, -0.1) is 0 Å². The van der Waals surface area contributed by atoms with Crippen LogP contribution in [0.2, 0.25) is 0 Å². The van der Waals surface area contributed by atoms with E-state index in [-0.39, 0.29) is 54.5 Å². The van der Waals surface area contributed by atoms with Crippen molar-refractivity contribution in [2.45, 2.75) is 0 Å². The van der Waals surface area contributed by atoms with Gasteiger partial charge in [-0.1, -0.05) is 12.1 Å². The fourth-order valence-electron chi connectivity index (χ4n) is 0.654. The van der Waals surface area contributed by atoms with E-state index in [9.17, 15) is 4.79 Å². The van der Waals surface area contributed by atoms with Gasteiger partial charge in [-0.05, 0) is 12.1 Å². The summed E-state index contributed by atoms with van der Waals surface area (Å²) >= 11 is 0. The van der Waals surface area contributed by atoms with E-state index < -0.39 is 5.97 Å². The molecule has 1 aromatic rings. The molecule has 0 atom stereocenters. The first-order chi connectivity index (χ1) is 4.72. The van der Waals surface area contributed by atoms with Crippen molar-refractivity contribution in [3.8, 4) is 5.75 Å². The number of phenols is 1. The Hall–Kier alpha value is -0.355. The molecule has 6 heteroatoms. The Morgan fingerprint density at radius 2 is 1.62 bits per heavy atom. The van der Waals surface area contributed by atoms with E-state index in [1.54, 1.807) is 12.1 Å². The molecule has 0 radical (unpaired) electrons. The van der Waals surface area contributed by atoms with E-state index >= 15 is 0 Å². The van der Waals surface area contributed by atoms with Crippen molar-refractivity contribution < 1.29 is 20.5 Å². The zero-order valence-electron chi connectivity index (χ0n) is 5.61. The quantitative estimate of drug-likeness (QED) is 0.530. The van der Waals surface area contributed by atoms with Crippen LogP contribution in [-0.4, -0.2) is 59.4 Å². The Kier molecular flexibility index (Phi) is 11.7. The Morgan fingerprint density at radius 1 is 1.15 bits per heavy atom. The van der Waals surface area contributed by atoms with Crippen LogP contribution in [0.3, 0.4) is 0 Å². The number of aromatic hydroxyl groups is 1. The van der Waals surface area contributed by atoms with Gasteiger partial charge in [-0.3, -0.25) is 0 Å². The molecule has 0 spiro atoms. The first-order valence-electron chi connectivity index (χ1n) is 2.73. The third-order valence-corrected chi connectivity index (χ3v) is 1.13. The van der Waals surface area contributed by atoms with Gasteiger partial charge in [0.1, 0.15) is 11.3 Å². The zero-order valence-corrected chi connectivity index (χ0v) is 5.61. The molecule has 0 heterocycles. The predicted molar refractivity (Wildman–Crippen MR) is 53.0 cm³/mol. The van der Waals surface area contributed by atoms with Crippen LogP contribution >= 0.6 is 0 Å². The van der Waals surface area contributed by atoms with Crippen LogP contribution in [-0.2, 0) is 0 Å². The molecular weight excluding hydrogens is 162 g/mol. The molecule has 0 aliphatic rings. The van der Waals surface area contributed by atoms with Crippen molar-refractivity contribution in [1.29, 1.82) is 0 Å². The molecule has 0 unspecified atom stereocenters. The van der Waals surface area contributed by atoms with Gasteiger partial charge in [-0.2, -0.15) is 0 Å². The molecule has 0 aliphatic heterocycles. The average Bonchev–Trinajstić information content (AvgIpc) is 1.88. The summed E-state index contributed by atoms with van der Waals surface area (Å²) in [5, 5.41) is 17.3. The summed E-state index contributed by atoms with van der Waals surface area (Å²) in [4.78, 5) is 10.3. The molecule has 0 saturated carbocycles. The molecule has 64 valence electrons. The van der Waals surface area contributed by atoms with Gasteiger partial charge in [0.05, 0.1) is 0 Å². The van der Waals surface area contributed by atoms with Crippen molar-refractivity contribution >= 4 is 43.7 Å². The summed E-state index contributed by atoms with van der Waals surface area (Å²) in [6, 6.07) is 5.81. The topological polar surface area (TPSA) is 89.0 Å². The number of para-hydroxylation sites is 1. The summed E-state index contributed by atoms with van der Waals surface area (Å²) in [5.74, 6) is -1.31. The Bertz CT molecular complexity index is 264. The van der Waals surface area contributed by atoms with Crippen molar-refractivity contribution in [1.82, 2.24) is 0 Å². The maximum atomic E-state index is 10.3. The van der Waals surface area contributed by atoms with Crippen molar-refractivity contribution in [3.63, 3.8) is 0 Å². The third-order valence-electron chi connectivity index (χ3n) is 1.13. The summed E-state index contributed by atoms with van der Waals surface area (Å²) in [6.45, 7) is 0. The van der Waals surface area contributed by atoms with Crippen LogP contribution in [0.4, 0.5) is 0 Å². The number of rotatable bonds is 1. The zero-order chi connectivity index (χ0) is 7.56. The normalized spacial score (nSPS) is 7.08. The maximum absolute atomic E-state index is 10.3. The van der Waals surface area contributed by atoms with Crippen LogP contribution in [0.5, 0.6) is 5.75 Å². The molecule has 0 amide bonds. The van der Waals surface area contributed by atoms with E-state index in [1.807, 2.05) is 0 Å². The first-order valence-corrected chi connectivity index (χ1v) is 2.73. The molecule has 0 aromatic heterocycles. The summed E-state index contributed by atoms with van der Waals surface area (Å²) in [6.07, 6.45) is 0. The fraction of sp³-hybridized carbons (Fsp3) is 0. The summed E-state index contributed by atoms with van der Waals surface area (Å²) < 4.78 is 0. The molecular formula is C7H10Li2O4. The third kappa shape index (κ3) is 5.05. The molecule has 4 N–H and O–H groups in total. The van der Waals surface area contributed by atoms with Crippen molar-refractivity contribution in [2.75, 3.05) is 0 Å². The molecule has 0 aliphatic carbocycles. The second kappa shape index (κ2) is 8.25. The van der Waals surface area contributed by atoms with Crippen LogP contribution in [0, 0.1) is 0 Å². The molecule has 1 aromatic carbocycles. The van der Waals surface area contributed by atoms with E-state index in [4.69, 9.17) is 10.2 Å². The minimum atomic E-state index is -1.11. The van der Waals surface area contributed by atoms with Gasteiger partial charge in [-0.25, -0.2) is 4.79 Å². The van der Waals surface area contributed by atoms with Crippen LogP contribution in [0.25, 0.3) is 0 Å². The second-order valence-corrected chi connectivity index (χ2v) is 1.82. The average molecular weight is 172 g/mol. The molecule has 0 bridgehead atoms. The number of hydrogen-bond acceptors (Lipinski definition) is 2. The first kappa shape index (κ1) is 18.4. The predicted octanol–water partition coefficient (Wildman–Crippen LogP) is -1.03. The number of carboxylic acids is 1. The standard InChI is InChI=1S/C7H6O3.2Li.H2O.2H/c8-6-4-2-1-3-5(6)7(9)10;;;;;/h1-4,8H,(H,9,10);;;1H2;;. The number of carbonyl (C=O) groups is 1. The summed E-state index contributed by atoms with van der Waals surface area (Å²) in [5.41, 5.74) is -0.0671. The van der Waals surface area contributed by atoms with E-state index in [2.05, 4.69) is 0 Å². The Morgan fingerprint density at radius 3 is 1.92 bits per heavy atom. The minimum absolute atomic E-state index is 0. The van der Waals surface area contributed by atoms with Crippen molar-refractivity contribution in [3.05, 3.63) is 29.8 Å². The number of benzene rings is 1. The summed E-state index contributed by atoms with van der Waals surface area (Å²) in [7, 11) is 0. The molecule has 1 rings (SSSR count). The Balaban J connectivity index is -0.000000333. The number of hydrogen-bond donors (Lipinski definition) is 2. The van der Waals surface area contributed by atoms with Gasteiger partial charge in [0, 0.05) is 0 Å². The van der Waals surface area contributed by atoms with Gasteiger partial charge < -0.3 is 15.7 Å². The number of carboxylic acid groups (broad SMARTS) is 1. The van der Waals surface area contributed by atoms with E-state index in [1.165, 1.54) is 12.1 Å². The van der Waals surface area contributed by atoms with Gasteiger partial charge in [0.15, 0.2) is 0 Å². The van der Waals surface area contributed by atoms with E-state index in [0.29, 0.717) is 0 Å². The molecule has 13 heavy (non-hydrogen) atoms. The molecule has 4 nitrogen and oxygen atoms in total. The van der Waals surface area contributed by atoms with Crippen LogP contribution in [0.1, 0.15) is 10.4 Å². The fourth-order valence-corrected chi connectivity index (χ4v) is 0.654. The van der Waals surface area contributed by atoms with Gasteiger partial charge in [0.25, 0.3) is 0 Å². The molecule has 0 saturated heterocycles. The molecule has 0 fully saturated rings. The van der Waals surface area contributed by atoms with Gasteiger partial charge in [0.2, 0.25) is 0 Å². The van der Waals surface area contributed by atoms with Crippen LogP contribution < -0.4 is 0 Å². The van der Waals surface area contributed by atoms with Crippen LogP contribution in [0.15, 0.2) is 24.3 Å².